The van der Waals surface area contributed by atoms with Crippen LogP contribution in [0.3, 0.4) is 0 Å². The van der Waals surface area contributed by atoms with Gasteiger partial charge in [0.2, 0.25) is 0 Å². The van der Waals surface area contributed by atoms with Crippen LogP contribution >= 0.6 is 0 Å². The Labute approximate surface area is 152 Å². The van der Waals surface area contributed by atoms with Crippen LogP contribution in [0, 0.1) is 6.92 Å². The molecule has 2 aromatic rings. The molecule has 26 heavy (non-hydrogen) atoms. The summed E-state index contributed by atoms with van der Waals surface area (Å²) in [5, 5.41) is 0. The normalized spacial score (nSPS) is 19.8. The highest BCUT2D eigenvalue weighted by Crippen LogP contribution is 2.33. The van der Waals surface area contributed by atoms with Gasteiger partial charge in [0, 0.05) is 18.8 Å². The minimum atomic E-state index is -0.389. The molecule has 2 fully saturated rings. The predicted molar refractivity (Wildman–Crippen MR) is 96.1 cm³/mol. The van der Waals surface area contributed by atoms with E-state index in [4.69, 9.17) is 9.15 Å². The zero-order valence-corrected chi connectivity index (χ0v) is 14.8. The van der Waals surface area contributed by atoms with Crippen LogP contribution in [0.4, 0.5) is 5.69 Å². The Hall–Kier alpha value is -2.60. The molecule has 0 unspecified atom stereocenters. The molecule has 0 atom stereocenters. The first kappa shape index (κ1) is 16.8. The zero-order valence-electron chi connectivity index (χ0n) is 14.8. The van der Waals surface area contributed by atoms with Crippen molar-refractivity contribution in [3.05, 3.63) is 54.0 Å². The van der Waals surface area contributed by atoms with Gasteiger partial charge in [0.15, 0.2) is 5.76 Å². The van der Waals surface area contributed by atoms with Crippen molar-refractivity contribution in [2.75, 3.05) is 31.1 Å². The lowest BCUT2D eigenvalue weighted by Gasteiger charge is -2.46. The van der Waals surface area contributed by atoms with Crippen molar-refractivity contribution >= 4 is 17.5 Å². The number of amides is 2. The number of piperidine rings is 1. The Bertz CT molecular complexity index is 806. The number of morpholine rings is 1. The van der Waals surface area contributed by atoms with Crippen molar-refractivity contribution in [1.82, 2.24) is 4.90 Å². The molecule has 3 heterocycles. The van der Waals surface area contributed by atoms with Crippen LogP contribution < -0.4 is 4.90 Å². The summed E-state index contributed by atoms with van der Waals surface area (Å²) < 4.78 is 11.4. The number of hydrogen-bond acceptors (Lipinski definition) is 4. The van der Waals surface area contributed by atoms with Crippen LogP contribution in [0.25, 0.3) is 0 Å². The molecule has 0 bridgehead atoms. The molecule has 0 radical (unpaired) electrons. The van der Waals surface area contributed by atoms with Crippen molar-refractivity contribution in [2.24, 2.45) is 0 Å². The molecule has 2 aliphatic rings. The number of benzene rings is 1. The number of rotatable bonds is 2. The van der Waals surface area contributed by atoms with Gasteiger partial charge in [0.25, 0.3) is 11.8 Å². The number of nitrogens with zero attached hydrogens (tertiary/aromatic N) is 2. The van der Waals surface area contributed by atoms with Crippen LogP contribution in [-0.4, -0.2) is 48.6 Å². The summed E-state index contributed by atoms with van der Waals surface area (Å²) in [6.07, 6.45) is 1.41. The van der Waals surface area contributed by atoms with Gasteiger partial charge in [-0.2, -0.15) is 0 Å². The minimum absolute atomic E-state index is 0.0219. The molecular formula is C20H22N2O4. The van der Waals surface area contributed by atoms with Gasteiger partial charge in [-0.15, -0.1) is 0 Å². The van der Waals surface area contributed by atoms with E-state index in [0.29, 0.717) is 38.2 Å². The molecule has 2 amide bonds. The van der Waals surface area contributed by atoms with Crippen molar-refractivity contribution in [2.45, 2.75) is 25.4 Å². The summed E-state index contributed by atoms with van der Waals surface area (Å²) in [7, 11) is 0. The maximum Gasteiger partial charge on any atom is 0.289 e. The Morgan fingerprint density at radius 1 is 1.08 bits per heavy atom. The average Bonchev–Trinajstić information content (AvgIpc) is 3.11. The number of likely N-dealkylation sites (tertiary alicyclic amines) is 1. The van der Waals surface area contributed by atoms with Gasteiger partial charge in [-0.3, -0.25) is 9.59 Å². The van der Waals surface area contributed by atoms with E-state index in [1.54, 1.807) is 21.9 Å². The van der Waals surface area contributed by atoms with Crippen LogP contribution in [0.1, 0.15) is 29.2 Å². The van der Waals surface area contributed by atoms with Crippen LogP contribution in [0.2, 0.25) is 0 Å². The minimum Gasteiger partial charge on any atom is -0.456 e. The third kappa shape index (κ3) is 3.12. The topological polar surface area (TPSA) is 63.0 Å². The molecule has 1 aromatic carbocycles. The van der Waals surface area contributed by atoms with E-state index >= 15 is 0 Å². The molecular weight excluding hydrogens is 332 g/mol. The summed E-state index contributed by atoms with van der Waals surface area (Å²) in [5.41, 5.74) is 0.504. The van der Waals surface area contributed by atoms with E-state index in [1.807, 2.05) is 37.3 Å². The zero-order chi connectivity index (χ0) is 18.1. The summed E-state index contributed by atoms with van der Waals surface area (Å²) in [6, 6.07) is 13.2. The maximum atomic E-state index is 12.5. The molecule has 6 heteroatoms. The first-order valence-electron chi connectivity index (χ1n) is 8.91. The van der Waals surface area contributed by atoms with Gasteiger partial charge < -0.3 is 19.0 Å². The SMILES string of the molecule is Cc1ccc(C(=O)N2CCC3(CC2)CN(c2ccccc2)C(=O)CO3)o1. The van der Waals surface area contributed by atoms with Crippen LogP contribution in [0.15, 0.2) is 46.9 Å². The molecule has 0 N–H and O–H groups in total. The van der Waals surface area contributed by atoms with E-state index in [2.05, 4.69) is 0 Å². The number of aryl methyl sites for hydroxylation is 1. The Morgan fingerprint density at radius 2 is 1.81 bits per heavy atom. The molecule has 2 saturated heterocycles. The lowest BCUT2D eigenvalue weighted by atomic mass is 9.89. The molecule has 4 rings (SSSR count). The number of furan rings is 1. The summed E-state index contributed by atoms with van der Waals surface area (Å²) in [4.78, 5) is 28.5. The number of para-hydroxylation sites is 1. The van der Waals surface area contributed by atoms with Gasteiger partial charge in [-0.1, -0.05) is 18.2 Å². The van der Waals surface area contributed by atoms with Crippen LogP contribution in [-0.2, 0) is 9.53 Å². The highest BCUT2D eigenvalue weighted by molar-refractivity contribution is 5.95. The lowest BCUT2D eigenvalue weighted by Crippen LogP contribution is -2.59. The van der Waals surface area contributed by atoms with Gasteiger partial charge in [-0.25, -0.2) is 0 Å². The van der Waals surface area contributed by atoms with Crippen molar-refractivity contribution < 1.29 is 18.7 Å². The van der Waals surface area contributed by atoms with E-state index in [0.717, 1.165) is 11.4 Å². The Balaban J connectivity index is 1.44. The third-order valence-electron chi connectivity index (χ3n) is 5.23. The van der Waals surface area contributed by atoms with E-state index in [9.17, 15) is 9.59 Å². The molecule has 136 valence electrons. The molecule has 0 saturated carbocycles. The van der Waals surface area contributed by atoms with Gasteiger partial charge >= 0.3 is 0 Å². The lowest BCUT2D eigenvalue weighted by molar-refractivity contribution is -0.143. The summed E-state index contributed by atoms with van der Waals surface area (Å²) >= 11 is 0. The summed E-state index contributed by atoms with van der Waals surface area (Å²) in [6.45, 7) is 3.62. The highest BCUT2D eigenvalue weighted by Gasteiger charge is 2.43. The number of carbonyl (C=O) groups is 2. The van der Waals surface area contributed by atoms with E-state index in [-0.39, 0.29) is 24.0 Å². The first-order valence-corrected chi connectivity index (χ1v) is 8.91. The molecule has 6 nitrogen and oxygen atoms in total. The maximum absolute atomic E-state index is 12.5. The second-order valence-corrected chi connectivity index (χ2v) is 6.99. The second-order valence-electron chi connectivity index (χ2n) is 6.99. The Kier molecular flexibility index (Phi) is 4.28. The number of ether oxygens (including phenoxy) is 1. The van der Waals surface area contributed by atoms with Crippen LogP contribution in [0.5, 0.6) is 0 Å². The van der Waals surface area contributed by atoms with Gasteiger partial charge in [-0.05, 0) is 44.0 Å². The fourth-order valence-electron chi connectivity index (χ4n) is 3.68. The van der Waals surface area contributed by atoms with E-state index < -0.39 is 0 Å². The van der Waals surface area contributed by atoms with Gasteiger partial charge in [0.05, 0.1) is 12.1 Å². The highest BCUT2D eigenvalue weighted by atomic mass is 16.5. The van der Waals surface area contributed by atoms with Crippen molar-refractivity contribution in [3.8, 4) is 0 Å². The molecule has 1 spiro atoms. The predicted octanol–water partition coefficient (Wildman–Crippen LogP) is 2.63. The standard InChI is InChI=1S/C20H22N2O4/c1-15-7-8-17(26-15)19(24)21-11-9-20(10-12-21)14-22(18(23)13-25-20)16-5-3-2-4-6-16/h2-8H,9-14H2,1H3. The van der Waals surface area contributed by atoms with Gasteiger partial charge in [0.1, 0.15) is 12.4 Å². The fraction of sp³-hybridized carbons (Fsp3) is 0.400. The molecule has 2 aliphatic heterocycles. The van der Waals surface area contributed by atoms with E-state index in [1.165, 1.54) is 0 Å². The van der Waals surface area contributed by atoms with Crippen molar-refractivity contribution in [1.29, 1.82) is 0 Å². The number of anilines is 1. The third-order valence-corrected chi connectivity index (χ3v) is 5.23. The molecule has 0 aliphatic carbocycles. The summed E-state index contributed by atoms with van der Waals surface area (Å²) in [5.74, 6) is 1.00. The fourth-order valence-corrected chi connectivity index (χ4v) is 3.68. The monoisotopic (exact) mass is 354 g/mol. The quantitative estimate of drug-likeness (QED) is 0.832. The smallest absolute Gasteiger partial charge is 0.289 e. The second kappa shape index (κ2) is 6.61. The largest absolute Gasteiger partial charge is 0.456 e. The Morgan fingerprint density at radius 3 is 2.46 bits per heavy atom. The average molecular weight is 354 g/mol. The molecule has 1 aromatic heterocycles. The number of carbonyl (C=O) groups excluding carboxylic acids is 2. The first-order chi connectivity index (χ1) is 12.6. The van der Waals surface area contributed by atoms with Crippen molar-refractivity contribution in [3.63, 3.8) is 0 Å². The number of hydrogen-bond donors (Lipinski definition) is 0.